The smallest absolute Gasteiger partial charge is 0.104 e. The topological polar surface area (TPSA) is 33.1 Å². The first-order valence-electron chi connectivity index (χ1n) is 6.32. The Hall–Kier alpha value is -1.67. The molecule has 0 aliphatic heterocycles. The molecule has 0 spiro atoms. The van der Waals surface area contributed by atoms with Crippen molar-refractivity contribution in [1.82, 2.24) is 4.98 Å². The lowest BCUT2D eigenvalue weighted by molar-refractivity contribution is 0.220. The summed E-state index contributed by atoms with van der Waals surface area (Å²) in [6.07, 6.45) is 0.445. The molecule has 1 heterocycles. The standard InChI is InChI=1S/C16H19NO/c1-4-13-5-7-14(8-6-13)16(18)15-9-11(2)17-12(3)10-15/h5-10,16,18H,4H2,1-3H3. The minimum atomic E-state index is -0.573. The highest BCUT2D eigenvalue weighted by molar-refractivity contribution is 5.33. The van der Waals surface area contributed by atoms with Gasteiger partial charge in [-0.25, -0.2) is 0 Å². The highest BCUT2D eigenvalue weighted by atomic mass is 16.3. The molecule has 1 aromatic heterocycles. The van der Waals surface area contributed by atoms with Crippen molar-refractivity contribution in [2.24, 2.45) is 0 Å². The summed E-state index contributed by atoms with van der Waals surface area (Å²) in [6, 6.07) is 12.0. The van der Waals surface area contributed by atoms with Gasteiger partial charge in [0.05, 0.1) is 0 Å². The van der Waals surface area contributed by atoms with E-state index in [1.165, 1.54) is 5.56 Å². The van der Waals surface area contributed by atoms with E-state index in [1.54, 1.807) is 0 Å². The van der Waals surface area contributed by atoms with Crippen LogP contribution < -0.4 is 0 Å². The van der Waals surface area contributed by atoms with Crippen molar-refractivity contribution >= 4 is 0 Å². The van der Waals surface area contributed by atoms with Crippen molar-refractivity contribution in [3.63, 3.8) is 0 Å². The zero-order chi connectivity index (χ0) is 13.1. The van der Waals surface area contributed by atoms with E-state index in [1.807, 2.05) is 38.1 Å². The summed E-state index contributed by atoms with van der Waals surface area (Å²) in [6.45, 7) is 6.02. The summed E-state index contributed by atoms with van der Waals surface area (Å²) in [7, 11) is 0. The quantitative estimate of drug-likeness (QED) is 0.894. The zero-order valence-corrected chi connectivity index (χ0v) is 11.1. The van der Waals surface area contributed by atoms with E-state index in [9.17, 15) is 5.11 Å². The van der Waals surface area contributed by atoms with Crippen LogP contribution in [0.2, 0.25) is 0 Å². The Kier molecular flexibility index (Phi) is 3.78. The fourth-order valence-electron chi connectivity index (χ4n) is 2.15. The fraction of sp³-hybridized carbons (Fsp3) is 0.312. The number of hydrogen-bond acceptors (Lipinski definition) is 2. The Morgan fingerprint density at radius 3 is 2.06 bits per heavy atom. The van der Waals surface area contributed by atoms with Crippen molar-refractivity contribution in [1.29, 1.82) is 0 Å². The third kappa shape index (κ3) is 2.77. The molecule has 0 fully saturated rings. The molecule has 0 amide bonds. The maximum Gasteiger partial charge on any atom is 0.104 e. The largest absolute Gasteiger partial charge is 0.384 e. The van der Waals surface area contributed by atoms with E-state index in [-0.39, 0.29) is 0 Å². The number of rotatable bonds is 3. The van der Waals surface area contributed by atoms with Crippen molar-refractivity contribution < 1.29 is 5.11 Å². The predicted octanol–water partition coefficient (Wildman–Crippen LogP) is 3.34. The summed E-state index contributed by atoms with van der Waals surface area (Å²) in [5.41, 5.74) is 5.00. The van der Waals surface area contributed by atoms with Crippen LogP contribution in [0.5, 0.6) is 0 Å². The first-order valence-corrected chi connectivity index (χ1v) is 6.32. The molecule has 0 radical (unpaired) electrons. The number of benzene rings is 1. The van der Waals surface area contributed by atoms with Crippen LogP contribution in [0, 0.1) is 13.8 Å². The third-order valence-corrected chi connectivity index (χ3v) is 3.12. The van der Waals surface area contributed by atoms with Crippen molar-refractivity contribution in [2.45, 2.75) is 33.3 Å². The fourth-order valence-corrected chi connectivity index (χ4v) is 2.15. The summed E-state index contributed by atoms with van der Waals surface area (Å²) >= 11 is 0. The van der Waals surface area contributed by atoms with E-state index in [2.05, 4.69) is 24.0 Å². The molecule has 2 aromatic rings. The number of aryl methyl sites for hydroxylation is 3. The van der Waals surface area contributed by atoms with Gasteiger partial charge < -0.3 is 5.11 Å². The van der Waals surface area contributed by atoms with E-state index in [0.717, 1.165) is 28.9 Å². The number of nitrogens with zero attached hydrogens (tertiary/aromatic N) is 1. The van der Waals surface area contributed by atoms with Crippen molar-refractivity contribution in [3.8, 4) is 0 Å². The average Bonchev–Trinajstić information content (AvgIpc) is 2.37. The van der Waals surface area contributed by atoms with Crippen LogP contribution in [-0.2, 0) is 6.42 Å². The molecule has 2 heteroatoms. The van der Waals surface area contributed by atoms with Gasteiger partial charge in [-0.2, -0.15) is 0 Å². The van der Waals surface area contributed by atoms with Crippen LogP contribution in [-0.4, -0.2) is 10.1 Å². The molecule has 1 N–H and O–H groups in total. The highest BCUT2D eigenvalue weighted by Gasteiger charge is 2.11. The molecular formula is C16H19NO. The Bertz CT molecular complexity index is 511. The first kappa shape index (κ1) is 12.8. The van der Waals surface area contributed by atoms with E-state index >= 15 is 0 Å². The van der Waals surface area contributed by atoms with Gasteiger partial charge in [-0.1, -0.05) is 31.2 Å². The molecule has 0 aliphatic rings. The van der Waals surface area contributed by atoms with Gasteiger partial charge in [0, 0.05) is 11.4 Å². The van der Waals surface area contributed by atoms with Gasteiger partial charge in [-0.05, 0) is 49.1 Å². The molecule has 0 saturated heterocycles. The summed E-state index contributed by atoms with van der Waals surface area (Å²) in [5, 5.41) is 10.4. The highest BCUT2D eigenvalue weighted by Crippen LogP contribution is 2.23. The zero-order valence-electron chi connectivity index (χ0n) is 11.1. The molecule has 1 atom stereocenters. The number of hydrogen-bond donors (Lipinski definition) is 1. The monoisotopic (exact) mass is 241 g/mol. The molecule has 0 aliphatic carbocycles. The van der Waals surface area contributed by atoms with Crippen molar-refractivity contribution in [3.05, 3.63) is 64.5 Å². The second-order valence-corrected chi connectivity index (χ2v) is 4.68. The second kappa shape index (κ2) is 5.32. The van der Waals surface area contributed by atoms with Crippen LogP contribution in [0.15, 0.2) is 36.4 Å². The SMILES string of the molecule is CCc1ccc(C(O)c2cc(C)nc(C)c2)cc1. The van der Waals surface area contributed by atoms with Gasteiger partial charge in [-0.3, -0.25) is 4.98 Å². The molecule has 1 unspecified atom stereocenters. The number of aliphatic hydroxyl groups excluding tert-OH is 1. The molecule has 1 aromatic carbocycles. The lowest BCUT2D eigenvalue weighted by Gasteiger charge is -2.13. The maximum absolute atomic E-state index is 10.4. The van der Waals surface area contributed by atoms with Crippen LogP contribution in [0.4, 0.5) is 0 Å². The van der Waals surface area contributed by atoms with Crippen LogP contribution >= 0.6 is 0 Å². The summed E-state index contributed by atoms with van der Waals surface area (Å²) in [5.74, 6) is 0. The Balaban J connectivity index is 2.31. The molecule has 2 nitrogen and oxygen atoms in total. The van der Waals surface area contributed by atoms with Crippen LogP contribution in [0.25, 0.3) is 0 Å². The number of aliphatic hydroxyl groups is 1. The molecular weight excluding hydrogens is 222 g/mol. The number of aromatic nitrogens is 1. The maximum atomic E-state index is 10.4. The minimum Gasteiger partial charge on any atom is -0.384 e. The minimum absolute atomic E-state index is 0.573. The van der Waals surface area contributed by atoms with Gasteiger partial charge >= 0.3 is 0 Å². The van der Waals surface area contributed by atoms with Gasteiger partial charge in [0.1, 0.15) is 6.10 Å². The first-order chi connectivity index (χ1) is 8.60. The Morgan fingerprint density at radius 2 is 1.56 bits per heavy atom. The predicted molar refractivity (Wildman–Crippen MR) is 73.6 cm³/mol. The van der Waals surface area contributed by atoms with Crippen molar-refractivity contribution in [2.75, 3.05) is 0 Å². The lowest BCUT2D eigenvalue weighted by Crippen LogP contribution is -2.02. The average molecular weight is 241 g/mol. The Labute approximate surface area is 108 Å². The molecule has 2 rings (SSSR count). The van der Waals surface area contributed by atoms with Gasteiger partial charge in [0.25, 0.3) is 0 Å². The normalized spacial score (nSPS) is 12.4. The molecule has 0 bridgehead atoms. The molecule has 94 valence electrons. The van der Waals surface area contributed by atoms with Gasteiger partial charge in [-0.15, -0.1) is 0 Å². The van der Waals surface area contributed by atoms with Gasteiger partial charge in [0.15, 0.2) is 0 Å². The summed E-state index contributed by atoms with van der Waals surface area (Å²) in [4.78, 5) is 4.33. The summed E-state index contributed by atoms with van der Waals surface area (Å²) < 4.78 is 0. The number of pyridine rings is 1. The Morgan fingerprint density at radius 1 is 1.00 bits per heavy atom. The van der Waals surface area contributed by atoms with Crippen LogP contribution in [0.1, 0.15) is 41.1 Å². The second-order valence-electron chi connectivity index (χ2n) is 4.68. The van der Waals surface area contributed by atoms with E-state index in [4.69, 9.17) is 0 Å². The van der Waals surface area contributed by atoms with E-state index in [0.29, 0.717) is 0 Å². The third-order valence-electron chi connectivity index (χ3n) is 3.12. The van der Waals surface area contributed by atoms with E-state index < -0.39 is 6.10 Å². The van der Waals surface area contributed by atoms with Crippen LogP contribution in [0.3, 0.4) is 0 Å². The molecule has 0 saturated carbocycles. The molecule has 18 heavy (non-hydrogen) atoms. The van der Waals surface area contributed by atoms with Gasteiger partial charge in [0.2, 0.25) is 0 Å². The lowest BCUT2D eigenvalue weighted by atomic mass is 9.99.